The summed E-state index contributed by atoms with van der Waals surface area (Å²) in [5.74, 6) is 0.297. The molecule has 3 rings (SSSR count). The van der Waals surface area contributed by atoms with Crippen LogP contribution in [0.2, 0.25) is 0 Å². The van der Waals surface area contributed by atoms with E-state index in [0.717, 1.165) is 16.8 Å². The van der Waals surface area contributed by atoms with Gasteiger partial charge in [-0.1, -0.05) is 24.3 Å². The molecule has 0 unspecified atom stereocenters. The Labute approximate surface area is 169 Å². The van der Waals surface area contributed by atoms with E-state index in [4.69, 9.17) is 0 Å². The Morgan fingerprint density at radius 1 is 0.931 bits per heavy atom. The maximum absolute atomic E-state index is 12.2. The molecule has 0 fully saturated rings. The summed E-state index contributed by atoms with van der Waals surface area (Å²) in [6.45, 7) is 2.42. The van der Waals surface area contributed by atoms with E-state index in [1.54, 1.807) is 25.4 Å². The summed E-state index contributed by atoms with van der Waals surface area (Å²) in [7, 11) is 1.58. The summed E-state index contributed by atoms with van der Waals surface area (Å²) in [5.41, 5.74) is 3.88. The van der Waals surface area contributed by atoms with Gasteiger partial charge in [0.05, 0.1) is 5.56 Å². The zero-order valence-electron chi connectivity index (χ0n) is 16.3. The van der Waals surface area contributed by atoms with Crippen molar-refractivity contribution in [1.29, 1.82) is 0 Å². The van der Waals surface area contributed by atoms with Gasteiger partial charge >= 0.3 is 6.03 Å². The Bertz CT molecular complexity index is 1020. The van der Waals surface area contributed by atoms with Crippen LogP contribution in [0.4, 0.5) is 22.0 Å². The molecule has 0 aliphatic rings. The van der Waals surface area contributed by atoms with Gasteiger partial charge in [0, 0.05) is 31.2 Å². The van der Waals surface area contributed by atoms with Gasteiger partial charge in [0.15, 0.2) is 0 Å². The first-order valence-corrected chi connectivity index (χ1v) is 9.20. The predicted octanol–water partition coefficient (Wildman–Crippen LogP) is 4.01. The van der Waals surface area contributed by atoms with Crippen LogP contribution in [-0.2, 0) is 6.54 Å². The third kappa shape index (κ3) is 5.55. The van der Waals surface area contributed by atoms with Gasteiger partial charge in [0.1, 0.15) is 5.82 Å². The van der Waals surface area contributed by atoms with E-state index < -0.39 is 0 Å². The Balaban J connectivity index is 1.63. The molecule has 7 nitrogen and oxygen atoms in total. The number of benzene rings is 2. The molecule has 0 bridgehead atoms. The Morgan fingerprint density at radius 3 is 2.38 bits per heavy atom. The highest BCUT2D eigenvalue weighted by Gasteiger charge is 2.10. The number of hydrogen-bond acceptors (Lipinski definition) is 4. The average molecular weight is 389 g/mol. The predicted molar refractivity (Wildman–Crippen MR) is 115 cm³/mol. The third-order valence-electron chi connectivity index (χ3n) is 4.20. The van der Waals surface area contributed by atoms with Gasteiger partial charge in [0.2, 0.25) is 0 Å². The van der Waals surface area contributed by atoms with E-state index >= 15 is 0 Å². The van der Waals surface area contributed by atoms with E-state index in [1.807, 2.05) is 55.5 Å². The normalized spacial score (nSPS) is 10.1. The van der Waals surface area contributed by atoms with Crippen molar-refractivity contribution in [2.45, 2.75) is 13.5 Å². The maximum atomic E-state index is 12.2. The van der Waals surface area contributed by atoms with Gasteiger partial charge in [-0.15, -0.1) is 0 Å². The number of rotatable bonds is 6. The van der Waals surface area contributed by atoms with E-state index in [1.165, 1.54) is 0 Å². The smallest absolute Gasteiger partial charge is 0.323 e. The maximum Gasteiger partial charge on any atom is 0.323 e. The number of amides is 3. The number of pyridine rings is 1. The number of nitrogens with one attached hydrogen (secondary N) is 4. The molecule has 2 aromatic carbocycles. The fraction of sp³-hybridized carbons (Fsp3) is 0.136. The second-order valence-corrected chi connectivity index (χ2v) is 6.48. The molecule has 3 amide bonds. The van der Waals surface area contributed by atoms with Crippen molar-refractivity contribution in [3.63, 3.8) is 0 Å². The molecule has 0 spiro atoms. The van der Waals surface area contributed by atoms with Gasteiger partial charge in [0.25, 0.3) is 5.91 Å². The minimum Gasteiger partial charge on any atom is -0.365 e. The SMILES string of the molecule is CNC(=O)c1cccnc1NCc1cccc(NC(=O)Nc2cccc(C)c2)c1. The van der Waals surface area contributed by atoms with Crippen LogP contribution >= 0.6 is 0 Å². The monoisotopic (exact) mass is 389 g/mol. The minimum absolute atomic E-state index is 0.205. The number of nitrogens with zero attached hydrogens (tertiary/aromatic N) is 1. The molecule has 0 aliphatic carbocycles. The second kappa shape index (κ2) is 9.36. The van der Waals surface area contributed by atoms with Gasteiger partial charge < -0.3 is 21.3 Å². The van der Waals surface area contributed by atoms with Crippen molar-refractivity contribution in [3.05, 3.63) is 83.6 Å². The van der Waals surface area contributed by atoms with E-state index in [9.17, 15) is 9.59 Å². The fourth-order valence-electron chi connectivity index (χ4n) is 2.83. The molecule has 1 aromatic heterocycles. The van der Waals surface area contributed by atoms with Crippen LogP contribution in [0.5, 0.6) is 0 Å². The zero-order valence-corrected chi connectivity index (χ0v) is 16.3. The van der Waals surface area contributed by atoms with Crippen LogP contribution in [0.3, 0.4) is 0 Å². The molecule has 0 radical (unpaired) electrons. The molecule has 0 saturated carbocycles. The molecular formula is C22H23N5O2. The third-order valence-corrected chi connectivity index (χ3v) is 4.20. The summed E-state index contributed by atoms with van der Waals surface area (Å²) >= 11 is 0. The van der Waals surface area contributed by atoms with Gasteiger partial charge in [-0.2, -0.15) is 0 Å². The Morgan fingerprint density at radius 2 is 1.66 bits per heavy atom. The van der Waals surface area contributed by atoms with Gasteiger partial charge in [-0.05, 0) is 54.4 Å². The summed E-state index contributed by atoms with van der Waals surface area (Å²) < 4.78 is 0. The average Bonchev–Trinajstić information content (AvgIpc) is 2.72. The van der Waals surface area contributed by atoms with Crippen LogP contribution < -0.4 is 21.3 Å². The van der Waals surface area contributed by atoms with Crippen molar-refractivity contribution < 1.29 is 9.59 Å². The summed E-state index contributed by atoms with van der Waals surface area (Å²) in [5, 5.41) is 11.4. The number of aromatic nitrogens is 1. The molecule has 148 valence electrons. The zero-order chi connectivity index (χ0) is 20.6. The van der Waals surface area contributed by atoms with Crippen molar-refractivity contribution in [1.82, 2.24) is 10.3 Å². The van der Waals surface area contributed by atoms with E-state index in [2.05, 4.69) is 26.3 Å². The first-order chi connectivity index (χ1) is 14.0. The lowest BCUT2D eigenvalue weighted by atomic mass is 10.2. The fourth-order valence-corrected chi connectivity index (χ4v) is 2.83. The second-order valence-electron chi connectivity index (χ2n) is 6.48. The molecule has 29 heavy (non-hydrogen) atoms. The highest BCUT2D eigenvalue weighted by atomic mass is 16.2. The molecule has 0 aliphatic heterocycles. The van der Waals surface area contributed by atoms with E-state index in [-0.39, 0.29) is 11.9 Å². The molecular weight excluding hydrogens is 366 g/mol. The van der Waals surface area contributed by atoms with Gasteiger partial charge in [-0.25, -0.2) is 9.78 Å². The molecule has 0 atom stereocenters. The standard InChI is InChI=1S/C22H23N5O2/c1-15-6-3-8-17(12-15)26-22(29)27-18-9-4-7-16(13-18)14-25-20-19(21(28)23-2)10-5-11-24-20/h3-13H,14H2,1-2H3,(H,23,28)(H,24,25)(H2,26,27,29). The molecule has 1 heterocycles. The van der Waals surface area contributed by atoms with Crippen molar-refractivity contribution in [2.24, 2.45) is 0 Å². The highest BCUT2D eigenvalue weighted by molar-refractivity contribution is 6.00. The molecule has 3 aromatic rings. The first-order valence-electron chi connectivity index (χ1n) is 9.20. The van der Waals surface area contributed by atoms with Crippen LogP contribution in [-0.4, -0.2) is 24.0 Å². The van der Waals surface area contributed by atoms with E-state index in [0.29, 0.717) is 23.6 Å². The van der Waals surface area contributed by atoms with Crippen molar-refractivity contribution in [3.8, 4) is 0 Å². The number of carbonyl (C=O) groups is 2. The quantitative estimate of drug-likeness (QED) is 0.512. The van der Waals surface area contributed by atoms with Crippen LogP contribution in [0.25, 0.3) is 0 Å². The van der Waals surface area contributed by atoms with Crippen molar-refractivity contribution >= 4 is 29.1 Å². The van der Waals surface area contributed by atoms with Crippen LogP contribution in [0, 0.1) is 6.92 Å². The number of carbonyl (C=O) groups excluding carboxylic acids is 2. The lowest BCUT2D eigenvalue weighted by Crippen LogP contribution is -2.20. The topological polar surface area (TPSA) is 95.2 Å². The van der Waals surface area contributed by atoms with Gasteiger partial charge in [-0.3, -0.25) is 4.79 Å². The minimum atomic E-state index is -0.313. The van der Waals surface area contributed by atoms with Crippen LogP contribution in [0.15, 0.2) is 66.9 Å². The van der Waals surface area contributed by atoms with Crippen molar-refractivity contribution in [2.75, 3.05) is 23.0 Å². The first kappa shape index (κ1) is 19.9. The Kier molecular flexibility index (Phi) is 6.42. The number of aryl methyl sites for hydroxylation is 1. The largest absolute Gasteiger partial charge is 0.365 e. The highest BCUT2D eigenvalue weighted by Crippen LogP contribution is 2.16. The Hall–Kier alpha value is -3.87. The molecule has 4 N–H and O–H groups in total. The number of urea groups is 1. The summed E-state index contributed by atoms with van der Waals surface area (Å²) in [4.78, 5) is 28.4. The summed E-state index contributed by atoms with van der Waals surface area (Å²) in [6, 6.07) is 18.2. The molecule has 0 saturated heterocycles. The number of hydrogen-bond donors (Lipinski definition) is 4. The molecule has 7 heteroatoms. The lowest BCUT2D eigenvalue weighted by Gasteiger charge is -2.12. The lowest BCUT2D eigenvalue weighted by molar-refractivity contribution is 0.0963. The number of anilines is 3. The summed E-state index contributed by atoms with van der Waals surface area (Å²) in [6.07, 6.45) is 1.63. The van der Waals surface area contributed by atoms with Crippen LogP contribution in [0.1, 0.15) is 21.5 Å².